The summed E-state index contributed by atoms with van der Waals surface area (Å²) in [6, 6.07) is 3.22. The number of amides is 1. The standard InChI is InChI=1S/C12H11ClN4O3/c13-9-1-2-10(14-6-9)16-11(18)3-4-17-7-8(5-15-17)12(19)20/h1-2,5-7H,3-4H2,(H,19,20)(H,14,16,18). The first kappa shape index (κ1) is 14.0. The number of hydrogen-bond acceptors (Lipinski definition) is 4. The Morgan fingerprint density at radius 2 is 2.15 bits per heavy atom. The summed E-state index contributed by atoms with van der Waals surface area (Å²) in [5.74, 6) is -0.885. The summed E-state index contributed by atoms with van der Waals surface area (Å²) in [6.07, 6.45) is 4.20. The summed E-state index contributed by atoms with van der Waals surface area (Å²) >= 11 is 5.68. The third kappa shape index (κ3) is 3.79. The molecule has 0 aromatic carbocycles. The van der Waals surface area contributed by atoms with Gasteiger partial charge in [-0.3, -0.25) is 9.48 Å². The van der Waals surface area contributed by atoms with Crippen LogP contribution in [-0.2, 0) is 11.3 Å². The van der Waals surface area contributed by atoms with Crippen molar-refractivity contribution in [3.63, 3.8) is 0 Å². The van der Waals surface area contributed by atoms with Gasteiger partial charge in [0.15, 0.2) is 0 Å². The van der Waals surface area contributed by atoms with Gasteiger partial charge in [0.1, 0.15) is 5.82 Å². The van der Waals surface area contributed by atoms with Crippen LogP contribution in [0.15, 0.2) is 30.7 Å². The number of nitrogens with one attached hydrogen (secondary N) is 1. The number of carboxylic acid groups (broad SMARTS) is 1. The van der Waals surface area contributed by atoms with Gasteiger partial charge >= 0.3 is 5.97 Å². The maximum absolute atomic E-state index is 11.7. The molecule has 0 radical (unpaired) electrons. The van der Waals surface area contributed by atoms with E-state index in [1.54, 1.807) is 12.1 Å². The van der Waals surface area contributed by atoms with E-state index in [1.165, 1.54) is 23.3 Å². The highest BCUT2D eigenvalue weighted by atomic mass is 35.5. The lowest BCUT2D eigenvalue weighted by Crippen LogP contribution is -2.15. The Morgan fingerprint density at radius 1 is 1.35 bits per heavy atom. The van der Waals surface area contributed by atoms with E-state index >= 15 is 0 Å². The summed E-state index contributed by atoms with van der Waals surface area (Å²) in [5.41, 5.74) is 0.0878. The van der Waals surface area contributed by atoms with Gasteiger partial charge in [-0.1, -0.05) is 11.6 Å². The predicted octanol–water partition coefficient (Wildman–Crippen LogP) is 1.66. The van der Waals surface area contributed by atoms with Crippen molar-refractivity contribution in [2.45, 2.75) is 13.0 Å². The van der Waals surface area contributed by atoms with E-state index in [9.17, 15) is 9.59 Å². The minimum Gasteiger partial charge on any atom is -0.478 e. The van der Waals surface area contributed by atoms with Gasteiger partial charge in [-0.2, -0.15) is 5.10 Å². The van der Waals surface area contributed by atoms with Gasteiger partial charge in [0.05, 0.1) is 16.8 Å². The Balaban J connectivity index is 1.85. The highest BCUT2D eigenvalue weighted by Crippen LogP contribution is 2.09. The number of carboxylic acids is 1. The Hall–Kier alpha value is -2.41. The Kier molecular flexibility index (Phi) is 4.31. The minimum absolute atomic E-state index is 0.0878. The molecule has 104 valence electrons. The molecule has 0 bridgehead atoms. The van der Waals surface area contributed by atoms with E-state index in [-0.39, 0.29) is 24.4 Å². The average Bonchev–Trinajstić information content (AvgIpc) is 2.88. The van der Waals surface area contributed by atoms with Crippen molar-refractivity contribution in [3.05, 3.63) is 41.3 Å². The number of carbonyl (C=O) groups is 2. The highest BCUT2D eigenvalue weighted by Gasteiger charge is 2.08. The Morgan fingerprint density at radius 3 is 2.75 bits per heavy atom. The third-order valence-corrected chi connectivity index (χ3v) is 2.67. The number of nitrogens with zero attached hydrogens (tertiary/aromatic N) is 3. The van der Waals surface area contributed by atoms with Crippen LogP contribution in [-0.4, -0.2) is 31.7 Å². The van der Waals surface area contributed by atoms with Crippen LogP contribution in [0.25, 0.3) is 0 Å². The quantitative estimate of drug-likeness (QED) is 0.874. The molecule has 7 nitrogen and oxygen atoms in total. The molecule has 0 atom stereocenters. The van der Waals surface area contributed by atoms with Crippen LogP contribution in [0.3, 0.4) is 0 Å². The lowest BCUT2D eigenvalue weighted by Gasteiger charge is -2.04. The van der Waals surface area contributed by atoms with Crippen LogP contribution in [0.1, 0.15) is 16.8 Å². The third-order valence-electron chi connectivity index (χ3n) is 2.44. The number of anilines is 1. The fourth-order valence-electron chi connectivity index (χ4n) is 1.47. The Bertz CT molecular complexity index is 624. The molecule has 0 aliphatic heterocycles. The number of aromatic nitrogens is 3. The van der Waals surface area contributed by atoms with Gasteiger partial charge in [0, 0.05) is 25.4 Å². The molecule has 1 amide bonds. The maximum Gasteiger partial charge on any atom is 0.338 e. The van der Waals surface area contributed by atoms with Crippen LogP contribution >= 0.6 is 11.6 Å². The first-order chi connectivity index (χ1) is 9.54. The first-order valence-electron chi connectivity index (χ1n) is 5.72. The molecular formula is C12H11ClN4O3. The van der Waals surface area contributed by atoms with Crippen molar-refractivity contribution < 1.29 is 14.7 Å². The number of halogens is 1. The van der Waals surface area contributed by atoms with Crippen molar-refractivity contribution in [2.75, 3.05) is 5.32 Å². The monoisotopic (exact) mass is 294 g/mol. The van der Waals surface area contributed by atoms with Crippen LogP contribution in [0, 0.1) is 0 Å². The molecule has 2 N–H and O–H groups in total. The Labute approximate surface area is 119 Å². The van der Waals surface area contributed by atoms with Crippen molar-refractivity contribution >= 4 is 29.3 Å². The van der Waals surface area contributed by atoms with E-state index in [0.717, 1.165) is 0 Å². The molecule has 0 aliphatic carbocycles. The van der Waals surface area contributed by atoms with E-state index in [4.69, 9.17) is 16.7 Å². The zero-order valence-electron chi connectivity index (χ0n) is 10.3. The molecule has 0 unspecified atom stereocenters. The molecule has 8 heteroatoms. The summed E-state index contributed by atoms with van der Waals surface area (Å²) < 4.78 is 1.40. The summed E-state index contributed by atoms with van der Waals surface area (Å²) in [7, 11) is 0. The van der Waals surface area contributed by atoms with Crippen molar-refractivity contribution in [3.8, 4) is 0 Å². The largest absolute Gasteiger partial charge is 0.478 e. The topological polar surface area (TPSA) is 97.1 Å². The second-order valence-electron chi connectivity index (χ2n) is 3.96. The number of rotatable bonds is 5. The van der Waals surface area contributed by atoms with Crippen LogP contribution in [0.4, 0.5) is 5.82 Å². The van der Waals surface area contributed by atoms with E-state index in [0.29, 0.717) is 10.8 Å². The van der Waals surface area contributed by atoms with E-state index in [2.05, 4.69) is 15.4 Å². The molecule has 0 saturated heterocycles. The number of pyridine rings is 1. The fourth-order valence-corrected chi connectivity index (χ4v) is 1.58. The van der Waals surface area contributed by atoms with Gasteiger partial charge in [-0.15, -0.1) is 0 Å². The second-order valence-corrected chi connectivity index (χ2v) is 4.39. The summed E-state index contributed by atoms with van der Waals surface area (Å²) in [4.78, 5) is 26.3. The molecule has 20 heavy (non-hydrogen) atoms. The molecule has 2 rings (SSSR count). The highest BCUT2D eigenvalue weighted by molar-refractivity contribution is 6.30. The van der Waals surface area contributed by atoms with E-state index in [1.807, 2.05) is 0 Å². The SMILES string of the molecule is O=C(CCn1cc(C(=O)O)cn1)Nc1ccc(Cl)cn1. The summed E-state index contributed by atoms with van der Waals surface area (Å²) in [5, 5.41) is 15.7. The number of carbonyl (C=O) groups excluding carboxylic acids is 1. The number of aryl methyl sites for hydroxylation is 1. The fraction of sp³-hybridized carbons (Fsp3) is 0.167. The van der Waals surface area contributed by atoms with Crippen molar-refractivity contribution in [1.82, 2.24) is 14.8 Å². The number of aromatic carboxylic acids is 1. The molecule has 0 saturated carbocycles. The smallest absolute Gasteiger partial charge is 0.338 e. The molecule has 0 fully saturated rings. The van der Waals surface area contributed by atoms with Crippen LogP contribution < -0.4 is 5.32 Å². The molecular weight excluding hydrogens is 284 g/mol. The van der Waals surface area contributed by atoms with E-state index < -0.39 is 5.97 Å². The second kappa shape index (κ2) is 6.16. The van der Waals surface area contributed by atoms with Gasteiger partial charge in [0.25, 0.3) is 0 Å². The molecule has 2 aromatic heterocycles. The van der Waals surface area contributed by atoms with Gasteiger partial charge < -0.3 is 10.4 Å². The zero-order chi connectivity index (χ0) is 14.5. The van der Waals surface area contributed by atoms with Crippen LogP contribution in [0.2, 0.25) is 5.02 Å². The zero-order valence-corrected chi connectivity index (χ0v) is 11.0. The van der Waals surface area contributed by atoms with Gasteiger partial charge in [0.2, 0.25) is 5.91 Å². The van der Waals surface area contributed by atoms with Gasteiger partial charge in [-0.05, 0) is 12.1 Å². The lowest BCUT2D eigenvalue weighted by molar-refractivity contribution is -0.116. The predicted molar refractivity (Wildman–Crippen MR) is 71.7 cm³/mol. The maximum atomic E-state index is 11.7. The first-order valence-corrected chi connectivity index (χ1v) is 6.09. The summed E-state index contributed by atoms with van der Waals surface area (Å²) in [6.45, 7) is 0.284. The normalized spacial score (nSPS) is 10.2. The lowest BCUT2D eigenvalue weighted by atomic mass is 10.3. The minimum atomic E-state index is -1.05. The van der Waals surface area contributed by atoms with Crippen molar-refractivity contribution in [2.24, 2.45) is 0 Å². The van der Waals surface area contributed by atoms with Gasteiger partial charge in [-0.25, -0.2) is 9.78 Å². The van der Waals surface area contributed by atoms with Crippen LogP contribution in [0.5, 0.6) is 0 Å². The van der Waals surface area contributed by atoms with Crippen molar-refractivity contribution in [1.29, 1.82) is 0 Å². The molecule has 2 aromatic rings. The molecule has 0 spiro atoms. The number of hydrogen-bond donors (Lipinski definition) is 2. The average molecular weight is 295 g/mol. The molecule has 2 heterocycles. The molecule has 0 aliphatic rings.